The first-order chi connectivity index (χ1) is 41.7. The van der Waals surface area contributed by atoms with E-state index in [-0.39, 0.29) is 0 Å². The smallest absolute Gasteiger partial charge is 0.137 e. The van der Waals surface area contributed by atoms with Crippen molar-refractivity contribution in [3.63, 3.8) is 0 Å². The molecule has 0 N–H and O–H groups in total. The Bertz CT molecular complexity index is 4970. The minimum atomic E-state index is -0.601. The fraction of sp³-hybridized carbons (Fsp3) is 0.0250. The summed E-state index contributed by atoms with van der Waals surface area (Å²) in [7, 11) is 0. The zero-order valence-corrected chi connectivity index (χ0v) is 46.5. The molecule has 0 saturated carbocycles. The van der Waals surface area contributed by atoms with Crippen molar-refractivity contribution in [2.24, 2.45) is 0 Å². The lowest BCUT2D eigenvalue weighted by Gasteiger charge is -2.35. The molecule has 17 rings (SSSR count). The Labute approximate surface area is 491 Å². The lowest BCUT2D eigenvalue weighted by Crippen LogP contribution is -2.28. The Kier molecular flexibility index (Phi) is 10.9. The summed E-state index contributed by atoms with van der Waals surface area (Å²) in [6.45, 7) is 0. The number of benzene rings is 13. The van der Waals surface area contributed by atoms with E-state index in [0.717, 1.165) is 56.1 Å². The standard InChI is InChI=1S/C80H52N2OS/c1-5-23-53(24-6-1)79(54-25-7-2-8-26-54)69-37-17-13-33-62(69)64-46-43-59(50-71(64)79)81(61-45-48-67-66-35-16-20-42-76(66)84-77(67)52-61)57-31-21-32-58(49-57)82(73-39-22-41-75-78(73)68-36-15-19-40-74(68)83-75)60-44-47-65-63-34-14-18-38-70(63)80(72(65)51-60,55-27-9-3-10-28-55)56-29-11-4-12-30-56/h1-52H. The summed E-state index contributed by atoms with van der Waals surface area (Å²) in [5.74, 6) is 0. The zero-order valence-electron chi connectivity index (χ0n) is 45.7. The molecular weight excluding hydrogens is 1040 g/mol. The highest BCUT2D eigenvalue weighted by atomic mass is 32.1. The molecule has 0 bridgehead atoms. The first kappa shape index (κ1) is 48.2. The number of nitrogens with zero attached hydrogens (tertiary/aromatic N) is 2. The van der Waals surface area contributed by atoms with Gasteiger partial charge in [-0.15, -0.1) is 11.3 Å². The average Bonchev–Trinajstić information content (AvgIpc) is 1.69. The van der Waals surface area contributed by atoms with Crippen LogP contribution in [0.25, 0.3) is 64.4 Å². The van der Waals surface area contributed by atoms with E-state index in [2.05, 4.69) is 325 Å². The molecule has 0 atom stereocenters. The first-order valence-electron chi connectivity index (χ1n) is 28.9. The van der Waals surface area contributed by atoms with Gasteiger partial charge in [-0.25, -0.2) is 0 Å². The molecule has 0 amide bonds. The number of hydrogen-bond acceptors (Lipinski definition) is 4. The van der Waals surface area contributed by atoms with Crippen LogP contribution in [-0.2, 0) is 10.8 Å². The molecule has 0 fully saturated rings. The molecule has 0 unspecified atom stereocenters. The minimum Gasteiger partial charge on any atom is -0.456 e. The molecule has 4 heteroatoms. The Morgan fingerprint density at radius 3 is 1.27 bits per heavy atom. The second-order valence-corrected chi connectivity index (χ2v) is 23.3. The van der Waals surface area contributed by atoms with Gasteiger partial charge in [0, 0.05) is 54.0 Å². The molecule has 394 valence electrons. The van der Waals surface area contributed by atoms with E-state index in [1.54, 1.807) is 0 Å². The first-order valence-corrected chi connectivity index (χ1v) is 29.7. The zero-order chi connectivity index (χ0) is 55.3. The largest absolute Gasteiger partial charge is 0.456 e. The molecule has 0 radical (unpaired) electrons. The van der Waals surface area contributed by atoms with Crippen molar-refractivity contribution in [1.29, 1.82) is 0 Å². The number of thiophene rings is 1. The molecule has 2 aliphatic carbocycles. The Hall–Kier alpha value is -10.5. The molecule has 2 aromatic heterocycles. The summed E-state index contributed by atoms with van der Waals surface area (Å²) in [4.78, 5) is 4.96. The number of hydrogen-bond donors (Lipinski definition) is 0. The molecule has 2 aliphatic rings. The third kappa shape index (κ3) is 7.05. The van der Waals surface area contributed by atoms with Gasteiger partial charge in [-0.05, 0) is 146 Å². The van der Waals surface area contributed by atoms with Gasteiger partial charge in [0.15, 0.2) is 0 Å². The molecule has 0 spiro atoms. The van der Waals surface area contributed by atoms with E-state index < -0.39 is 10.8 Å². The maximum absolute atomic E-state index is 6.72. The van der Waals surface area contributed by atoms with Crippen molar-refractivity contribution in [2.45, 2.75) is 10.8 Å². The van der Waals surface area contributed by atoms with Gasteiger partial charge >= 0.3 is 0 Å². The average molecular weight is 1090 g/mol. The second-order valence-electron chi connectivity index (χ2n) is 22.2. The van der Waals surface area contributed by atoms with Crippen molar-refractivity contribution in [2.75, 3.05) is 9.80 Å². The Morgan fingerprint density at radius 1 is 0.262 bits per heavy atom. The number of anilines is 6. The number of para-hydroxylation sites is 1. The molecule has 84 heavy (non-hydrogen) atoms. The van der Waals surface area contributed by atoms with Crippen LogP contribution in [0.3, 0.4) is 0 Å². The van der Waals surface area contributed by atoms with Crippen LogP contribution < -0.4 is 9.80 Å². The summed E-state index contributed by atoms with van der Waals surface area (Å²) < 4.78 is 9.24. The second kappa shape index (κ2) is 19.0. The van der Waals surface area contributed by atoms with Gasteiger partial charge in [0.1, 0.15) is 11.2 Å². The van der Waals surface area contributed by atoms with Crippen molar-refractivity contribution in [1.82, 2.24) is 0 Å². The summed E-state index contributed by atoms with van der Waals surface area (Å²) in [5, 5.41) is 4.67. The predicted molar refractivity (Wildman–Crippen MR) is 351 cm³/mol. The van der Waals surface area contributed by atoms with Crippen molar-refractivity contribution in [3.05, 3.63) is 360 Å². The predicted octanol–water partition coefficient (Wildman–Crippen LogP) is 21.6. The summed E-state index contributed by atoms with van der Waals surface area (Å²) in [6.07, 6.45) is 0. The monoisotopic (exact) mass is 1090 g/mol. The lowest BCUT2D eigenvalue weighted by molar-refractivity contribution is 0.669. The summed E-state index contributed by atoms with van der Waals surface area (Å²) in [6, 6.07) is 117. The SMILES string of the molecule is c1ccc(C2(c3ccccc3)c3ccccc3-c3ccc(N(c4cccc(N(c5ccc6c(c5)C(c5ccccc5)(c5ccccc5)c5ccccc5-6)c5cccc6oc7ccccc7c56)c4)c4ccc5c(c4)sc4ccccc45)cc32)cc1. The maximum atomic E-state index is 6.72. The molecular formula is C80H52N2OS. The Morgan fingerprint density at radius 2 is 0.679 bits per heavy atom. The van der Waals surface area contributed by atoms with Crippen LogP contribution in [0.4, 0.5) is 34.1 Å². The van der Waals surface area contributed by atoms with Crippen molar-refractivity contribution < 1.29 is 4.42 Å². The van der Waals surface area contributed by atoms with Gasteiger partial charge in [0.25, 0.3) is 0 Å². The van der Waals surface area contributed by atoms with E-state index in [9.17, 15) is 0 Å². The van der Waals surface area contributed by atoms with Crippen LogP contribution in [0.2, 0.25) is 0 Å². The Balaban J connectivity index is 0.925. The van der Waals surface area contributed by atoms with Crippen LogP contribution in [0.1, 0.15) is 44.5 Å². The van der Waals surface area contributed by atoms with Gasteiger partial charge in [-0.1, -0.05) is 237 Å². The van der Waals surface area contributed by atoms with E-state index >= 15 is 0 Å². The van der Waals surface area contributed by atoms with Crippen molar-refractivity contribution in [3.8, 4) is 22.3 Å². The van der Waals surface area contributed by atoms with E-state index in [4.69, 9.17) is 4.42 Å². The highest BCUT2D eigenvalue weighted by Crippen LogP contribution is 2.60. The quantitative estimate of drug-likeness (QED) is 0.136. The molecule has 0 saturated heterocycles. The molecule has 2 heterocycles. The minimum absolute atomic E-state index is 0.585. The van der Waals surface area contributed by atoms with Crippen LogP contribution in [0.5, 0.6) is 0 Å². The summed E-state index contributed by atoms with van der Waals surface area (Å²) in [5.41, 5.74) is 21.7. The topological polar surface area (TPSA) is 19.6 Å². The third-order valence-electron chi connectivity index (χ3n) is 18.0. The molecule has 13 aromatic carbocycles. The molecule has 3 nitrogen and oxygen atoms in total. The van der Waals surface area contributed by atoms with Crippen LogP contribution in [0, 0.1) is 0 Å². The lowest BCUT2D eigenvalue weighted by atomic mass is 9.67. The van der Waals surface area contributed by atoms with E-state index in [1.807, 2.05) is 11.3 Å². The van der Waals surface area contributed by atoms with E-state index in [0.29, 0.717) is 0 Å². The van der Waals surface area contributed by atoms with Gasteiger partial charge in [0.2, 0.25) is 0 Å². The van der Waals surface area contributed by atoms with Crippen LogP contribution in [0.15, 0.2) is 320 Å². The van der Waals surface area contributed by atoms with Crippen molar-refractivity contribution >= 4 is 87.6 Å². The molecule has 15 aromatic rings. The highest BCUT2D eigenvalue weighted by Gasteiger charge is 2.48. The van der Waals surface area contributed by atoms with Crippen LogP contribution >= 0.6 is 11.3 Å². The number of rotatable bonds is 10. The van der Waals surface area contributed by atoms with Gasteiger partial charge < -0.3 is 14.2 Å². The normalized spacial score (nSPS) is 13.4. The van der Waals surface area contributed by atoms with Crippen LogP contribution in [-0.4, -0.2) is 0 Å². The van der Waals surface area contributed by atoms with E-state index in [1.165, 1.54) is 86.9 Å². The highest BCUT2D eigenvalue weighted by molar-refractivity contribution is 7.25. The molecule has 0 aliphatic heterocycles. The third-order valence-corrected chi connectivity index (χ3v) is 19.1. The fourth-order valence-electron chi connectivity index (χ4n) is 14.6. The number of fused-ring (bicyclic) bond motifs is 12. The number of furan rings is 1. The van der Waals surface area contributed by atoms with Gasteiger partial charge in [0.05, 0.1) is 21.9 Å². The van der Waals surface area contributed by atoms with Gasteiger partial charge in [-0.3, -0.25) is 0 Å². The summed E-state index contributed by atoms with van der Waals surface area (Å²) >= 11 is 1.85. The van der Waals surface area contributed by atoms with Gasteiger partial charge in [-0.2, -0.15) is 0 Å². The maximum Gasteiger partial charge on any atom is 0.137 e. The fourth-order valence-corrected chi connectivity index (χ4v) is 15.7.